The van der Waals surface area contributed by atoms with Gasteiger partial charge in [0.1, 0.15) is 0 Å². The van der Waals surface area contributed by atoms with Crippen LogP contribution >= 0.6 is 0 Å². The number of rotatable bonds is 11. The average molecular weight is 270 g/mol. The Hall–Kier alpha value is -0.120. The van der Waals surface area contributed by atoms with Crippen LogP contribution in [0.1, 0.15) is 53.4 Å². The van der Waals surface area contributed by atoms with Crippen LogP contribution in [0.3, 0.4) is 0 Å². The monoisotopic (exact) mass is 270 g/mol. The molecule has 0 radical (unpaired) electrons. The van der Waals surface area contributed by atoms with E-state index >= 15 is 0 Å². The molecule has 0 aromatic rings. The van der Waals surface area contributed by atoms with Gasteiger partial charge in [0.05, 0.1) is 6.61 Å². The molecule has 1 saturated carbocycles. The van der Waals surface area contributed by atoms with Gasteiger partial charge in [0.2, 0.25) is 0 Å². The molecule has 2 unspecified atom stereocenters. The van der Waals surface area contributed by atoms with E-state index in [4.69, 9.17) is 4.74 Å². The van der Waals surface area contributed by atoms with Crippen molar-refractivity contribution in [3.63, 3.8) is 0 Å². The summed E-state index contributed by atoms with van der Waals surface area (Å²) in [6.45, 7) is 12.3. The van der Waals surface area contributed by atoms with E-state index in [1.165, 1.54) is 25.7 Å². The van der Waals surface area contributed by atoms with Crippen molar-refractivity contribution in [2.24, 2.45) is 5.92 Å². The van der Waals surface area contributed by atoms with E-state index in [9.17, 15) is 0 Å². The first kappa shape index (κ1) is 16.9. The zero-order valence-corrected chi connectivity index (χ0v) is 13.6. The lowest BCUT2D eigenvalue weighted by molar-refractivity contribution is 0.0856. The van der Waals surface area contributed by atoms with Crippen LogP contribution in [0.15, 0.2) is 0 Å². The fourth-order valence-electron chi connectivity index (χ4n) is 2.90. The summed E-state index contributed by atoms with van der Waals surface area (Å²) in [7, 11) is 1.80. The molecule has 1 aliphatic carbocycles. The first-order chi connectivity index (χ1) is 9.13. The third-order valence-corrected chi connectivity index (χ3v) is 4.63. The Balaban J connectivity index is 2.42. The molecule has 114 valence electrons. The van der Waals surface area contributed by atoms with Gasteiger partial charge in [0.15, 0.2) is 0 Å². The summed E-state index contributed by atoms with van der Waals surface area (Å²) in [6, 6.07) is 1.96. The van der Waals surface area contributed by atoms with Crippen molar-refractivity contribution in [1.82, 2.24) is 10.2 Å². The fourth-order valence-corrected chi connectivity index (χ4v) is 2.90. The lowest BCUT2D eigenvalue weighted by Crippen LogP contribution is -2.49. The van der Waals surface area contributed by atoms with Gasteiger partial charge in [0, 0.05) is 38.3 Å². The van der Waals surface area contributed by atoms with Crippen molar-refractivity contribution >= 4 is 0 Å². The molecule has 2 atom stereocenters. The van der Waals surface area contributed by atoms with Gasteiger partial charge in [-0.25, -0.2) is 0 Å². The van der Waals surface area contributed by atoms with Crippen molar-refractivity contribution < 1.29 is 4.74 Å². The van der Waals surface area contributed by atoms with Gasteiger partial charge < -0.3 is 10.1 Å². The molecule has 3 nitrogen and oxygen atoms in total. The van der Waals surface area contributed by atoms with Gasteiger partial charge in [-0.1, -0.05) is 13.8 Å². The highest BCUT2D eigenvalue weighted by Crippen LogP contribution is 2.35. The number of nitrogens with one attached hydrogen (secondary N) is 1. The third-order valence-electron chi connectivity index (χ3n) is 4.63. The van der Waals surface area contributed by atoms with Crippen LogP contribution in [-0.4, -0.2) is 49.8 Å². The fraction of sp³-hybridized carbons (Fsp3) is 1.00. The molecular weight excluding hydrogens is 236 g/mol. The molecule has 19 heavy (non-hydrogen) atoms. The average Bonchev–Trinajstić information content (AvgIpc) is 3.24. The molecule has 0 bridgehead atoms. The quantitative estimate of drug-likeness (QED) is 0.625. The minimum absolute atomic E-state index is 0.589. The Bertz CT molecular complexity index is 227. The van der Waals surface area contributed by atoms with E-state index < -0.39 is 0 Å². The van der Waals surface area contributed by atoms with Crippen molar-refractivity contribution in [3.8, 4) is 0 Å². The molecule has 0 heterocycles. The molecule has 1 aliphatic rings. The molecule has 1 rings (SSSR count). The smallest absolute Gasteiger partial charge is 0.0589 e. The van der Waals surface area contributed by atoms with Gasteiger partial charge in [-0.2, -0.15) is 0 Å². The summed E-state index contributed by atoms with van der Waals surface area (Å²) in [6.07, 6.45) is 5.27. The Morgan fingerprint density at radius 1 is 1.21 bits per heavy atom. The van der Waals surface area contributed by atoms with E-state index in [1.54, 1.807) is 7.11 Å². The highest BCUT2D eigenvalue weighted by atomic mass is 16.5. The van der Waals surface area contributed by atoms with Crippen molar-refractivity contribution in [2.45, 2.75) is 71.5 Å². The van der Waals surface area contributed by atoms with Crippen molar-refractivity contribution in [2.75, 3.05) is 26.8 Å². The maximum atomic E-state index is 5.28. The predicted molar refractivity (Wildman–Crippen MR) is 82.6 cm³/mol. The highest BCUT2D eigenvalue weighted by Gasteiger charge is 2.33. The minimum atomic E-state index is 0.589. The molecule has 0 aromatic heterocycles. The zero-order chi connectivity index (χ0) is 14.3. The van der Waals surface area contributed by atoms with Gasteiger partial charge in [0.25, 0.3) is 0 Å². The van der Waals surface area contributed by atoms with E-state index in [-0.39, 0.29) is 0 Å². The Morgan fingerprint density at radius 2 is 1.84 bits per heavy atom. The van der Waals surface area contributed by atoms with E-state index in [2.05, 4.69) is 37.9 Å². The van der Waals surface area contributed by atoms with Crippen LogP contribution < -0.4 is 5.32 Å². The van der Waals surface area contributed by atoms with Crippen molar-refractivity contribution in [1.29, 1.82) is 0 Å². The lowest BCUT2D eigenvalue weighted by Gasteiger charge is -2.35. The summed E-state index contributed by atoms with van der Waals surface area (Å²) in [5.41, 5.74) is 0. The van der Waals surface area contributed by atoms with E-state index in [0.29, 0.717) is 18.1 Å². The molecule has 1 fully saturated rings. The highest BCUT2D eigenvalue weighted by molar-refractivity contribution is 4.88. The molecule has 0 amide bonds. The van der Waals surface area contributed by atoms with Crippen LogP contribution in [0.25, 0.3) is 0 Å². The standard InChI is InChI=1S/C16H34N2O/c1-6-16(7-2)17-12-13(3)18(10-11-19-5)14(4)15-8-9-15/h13-17H,6-12H2,1-5H3. The van der Waals surface area contributed by atoms with E-state index in [0.717, 1.165) is 25.6 Å². The van der Waals surface area contributed by atoms with Crippen LogP contribution in [0, 0.1) is 5.92 Å². The summed E-state index contributed by atoms with van der Waals surface area (Å²) >= 11 is 0. The second-order valence-electron chi connectivity index (χ2n) is 6.08. The predicted octanol–water partition coefficient (Wildman–Crippen LogP) is 2.90. The van der Waals surface area contributed by atoms with Gasteiger partial charge in [-0.15, -0.1) is 0 Å². The largest absolute Gasteiger partial charge is 0.383 e. The zero-order valence-electron chi connectivity index (χ0n) is 13.6. The Kier molecular flexibility index (Phi) is 7.96. The molecule has 1 N–H and O–H groups in total. The first-order valence-corrected chi connectivity index (χ1v) is 8.12. The summed E-state index contributed by atoms with van der Waals surface area (Å²) < 4.78 is 5.28. The molecular formula is C16H34N2O. The first-order valence-electron chi connectivity index (χ1n) is 8.12. The van der Waals surface area contributed by atoms with Gasteiger partial charge in [-0.3, -0.25) is 4.90 Å². The number of hydrogen-bond acceptors (Lipinski definition) is 3. The number of ether oxygens (including phenoxy) is 1. The summed E-state index contributed by atoms with van der Waals surface area (Å²) in [5, 5.41) is 3.71. The summed E-state index contributed by atoms with van der Waals surface area (Å²) in [5.74, 6) is 0.924. The van der Waals surface area contributed by atoms with Crippen LogP contribution in [0.4, 0.5) is 0 Å². The number of hydrogen-bond donors (Lipinski definition) is 1. The number of nitrogens with zero attached hydrogens (tertiary/aromatic N) is 1. The van der Waals surface area contributed by atoms with Gasteiger partial charge >= 0.3 is 0 Å². The Labute approximate surface area is 120 Å². The maximum absolute atomic E-state index is 5.28. The maximum Gasteiger partial charge on any atom is 0.0589 e. The molecule has 3 heteroatoms. The third kappa shape index (κ3) is 5.80. The SMILES string of the molecule is CCC(CC)NCC(C)N(CCOC)C(C)C1CC1. The second-order valence-corrected chi connectivity index (χ2v) is 6.08. The van der Waals surface area contributed by atoms with Gasteiger partial charge in [-0.05, 0) is 45.4 Å². The summed E-state index contributed by atoms with van der Waals surface area (Å²) in [4.78, 5) is 2.64. The van der Waals surface area contributed by atoms with E-state index in [1.807, 2.05) is 0 Å². The molecule has 0 spiro atoms. The second kappa shape index (κ2) is 8.93. The Morgan fingerprint density at radius 3 is 2.32 bits per heavy atom. The molecule has 0 aromatic carbocycles. The van der Waals surface area contributed by atoms with Crippen LogP contribution in [0.2, 0.25) is 0 Å². The molecule has 0 saturated heterocycles. The van der Waals surface area contributed by atoms with Crippen molar-refractivity contribution in [3.05, 3.63) is 0 Å². The topological polar surface area (TPSA) is 24.5 Å². The number of methoxy groups -OCH3 is 1. The van der Waals surface area contributed by atoms with Crippen LogP contribution in [0.5, 0.6) is 0 Å². The minimum Gasteiger partial charge on any atom is -0.383 e. The normalized spacial score (nSPS) is 19.1. The molecule has 0 aliphatic heterocycles. The lowest BCUT2D eigenvalue weighted by atomic mass is 10.1. The van der Waals surface area contributed by atoms with Crippen LogP contribution in [-0.2, 0) is 4.74 Å².